The second-order valence-electron chi connectivity index (χ2n) is 7.95. The van der Waals surface area contributed by atoms with Crippen molar-refractivity contribution in [3.05, 3.63) is 53.3 Å². The van der Waals surface area contributed by atoms with Gasteiger partial charge in [0.25, 0.3) is 0 Å². The number of rotatable bonds is 6. The van der Waals surface area contributed by atoms with Gasteiger partial charge in [0.2, 0.25) is 15.8 Å². The molecule has 0 unspecified atom stereocenters. The summed E-state index contributed by atoms with van der Waals surface area (Å²) in [6, 6.07) is 8.36. The Morgan fingerprint density at radius 2 is 1.84 bits per heavy atom. The maximum atomic E-state index is 12.9. The zero-order chi connectivity index (χ0) is 22.7. The van der Waals surface area contributed by atoms with Crippen molar-refractivity contribution in [1.29, 1.82) is 0 Å². The van der Waals surface area contributed by atoms with E-state index in [9.17, 15) is 13.2 Å². The molecule has 1 fully saturated rings. The highest BCUT2D eigenvalue weighted by atomic mass is 32.2. The fourth-order valence-corrected chi connectivity index (χ4v) is 4.95. The SMILES string of the molecule is Cc1ccc(CNS(=O)(=O)c2cc(-c3noc(C(=O)N4CCCCCC4)n3)ccc2C)o1. The summed E-state index contributed by atoms with van der Waals surface area (Å²) in [5.41, 5.74) is 1.02. The number of aryl methyl sites for hydroxylation is 2. The third-order valence-corrected chi connectivity index (χ3v) is 7.01. The van der Waals surface area contributed by atoms with E-state index in [-0.39, 0.29) is 29.1 Å². The van der Waals surface area contributed by atoms with Gasteiger partial charge in [-0.1, -0.05) is 30.1 Å². The van der Waals surface area contributed by atoms with Gasteiger partial charge in [-0.2, -0.15) is 4.98 Å². The molecule has 2 aromatic heterocycles. The molecule has 170 valence electrons. The van der Waals surface area contributed by atoms with E-state index in [2.05, 4.69) is 14.9 Å². The highest BCUT2D eigenvalue weighted by Crippen LogP contribution is 2.24. The molecule has 1 saturated heterocycles. The van der Waals surface area contributed by atoms with E-state index in [1.807, 2.05) is 0 Å². The normalized spacial score (nSPS) is 15.0. The fourth-order valence-electron chi connectivity index (χ4n) is 3.69. The van der Waals surface area contributed by atoms with Gasteiger partial charge < -0.3 is 13.8 Å². The van der Waals surface area contributed by atoms with Crippen molar-refractivity contribution in [2.45, 2.75) is 51.0 Å². The van der Waals surface area contributed by atoms with Crippen LogP contribution in [0, 0.1) is 13.8 Å². The van der Waals surface area contributed by atoms with Crippen LogP contribution in [0.5, 0.6) is 0 Å². The molecule has 1 aliphatic rings. The van der Waals surface area contributed by atoms with Crippen molar-refractivity contribution in [2.24, 2.45) is 0 Å². The van der Waals surface area contributed by atoms with Gasteiger partial charge in [0.15, 0.2) is 0 Å². The number of nitrogens with zero attached hydrogens (tertiary/aromatic N) is 3. The van der Waals surface area contributed by atoms with Crippen molar-refractivity contribution in [1.82, 2.24) is 19.8 Å². The minimum absolute atomic E-state index is 0.0382. The standard InChI is InChI=1S/C22H26N4O5S/c1-15-7-9-17(13-19(15)32(28,29)23-14-18-10-8-16(2)30-18)20-24-21(31-25-20)22(27)26-11-5-3-4-6-12-26/h7-10,13,23H,3-6,11-12,14H2,1-2H3. The van der Waals surface area contributed by atoms with Crippen LogP contribution >= 0.6 is 0 Å². The molecular weight excluding hydrogens is 432 g/mol. The number of amides is 1. The first-order chi connectivity index (χ1) is 15.3. The molecule has 0 spiro atoms. The van der Waals surface area contributed by atoms with Gasteiger partial charge in [0.05, 0.1) is 11.4 Å². The summed E-state index contributed by atoms with van der Waals surface area (Å²) in [6.45, 7) is 4.88. The van der Waals surface area contributed by atoms with Crippen molar-refractivity contribution in [3.63, 3.8) is 0 Å². The first-order valence-electron chi connectivity index (χ1n) is 10.6. The molecule has 0 radical (unpaired) electrons. The molecule has 1 aliphatic heterocycles. The molecule has 1 amide bonds. The van der Waals surface area contributed by atoms with Gasteiger partial charge in [-0.15, -0.1) is 0 Å². The quantitative estimate of drug-likeness (QED) is 0.601. The second-order valence-corrected chi connectivity index (χ2v) is 9.68. The lowest BCUT2D eigenvalue weighted by molar-refractivity contribution is 0.0711. The highest BCUT2D eigenvalue weighted by Gasteiger charge is 2.24. The number of nitrogens with one attached hydrogen (secondary N) is 1. The van der Waals surface area contributed by atoms with Crippen molar-refractivity contribution in [2.75, 3.05) is 13.1 Å². The molecule has 0 bridgehead atoms. The minimum atomic E-state index is -3.81. The fraction of sp³-hybridized carbons (Fsp3) is 0.409. The Hall–Kier alpha value is -2.98. The number of carbonyl (C=O) groups is 1. The number of hydrogen-bond donors (Lipinski definition) is 1. The van der Waals surface area contributed by atoms with Crippen LogP contribution in [0.15, 0.2) is 44.2 Å². The number of hydrogen-bond acceptors (Lipinski definition) is 7. The third kappa shape index (κ3) is 4.91. The maximum Gasteiger partial charge on any atom is 0.316 e. The summed E-state index contributed by atoms with van der Waals surface area (Å²) in [5.74, 6) is 1.02. The number of likely N-dealkylation sites (tertiary alicyclic amines) is 1. The zero-order valence-electron chi connectivity index (χ0n) is 18.1. The Kier molecular flexibility index (Phi) is 6.43. The van der Waals surface area contributed by atoms with Gasteiger partial charge in [-0.3, -0.25) is 4.79 Å². The molecule has 3 heterocycles. The number of furan rings is 1. The van der Waals surface area contributed by atoms with E-state index in [1.54, 1.807) is 43.0 Å². The Labute approximate surface area is 186 Å². The molecule has 0 aliphatic carbocycles. The monoisotopic (exact) mass is 458 g/mol. The molecule has 0 atom stereocenters. The Morgan fingerprint density at radius 1 is 1.09 bits per heavy atom. The summed E-state index contributed by atoms with van der Waals surface area (Å²) in [5, 5.41) is 3.91. The predicted octanol–water partition coefficient (Wildman–Crippen LogP) is 3.44. The Bertz CT molecular complexity index is 1210. The topological polar surface area (TPSA) is 119 Å². The van der Waals surface area contributed by atoms with E-state index >= 15 is 0 Å². The van der Waals surface area contributed by atoms with Crippen LogP contribution < -0.4 is 4.72 Å². The number of benzene rings is 1. The smallest absolute Gasteiger partial charge is 0.316 e. The average Bonchev–Trinajstić information content (AvgIpc) is 3.34. The summed E-state index contributed by atoms with van der Waals surface area (Å²) in [4.78, 5) is 18.8. The molecule has 32 heavy (non-hydrogen) atoms. The molecule has 1 aromatic carbocycles. The van der Waals surface area contributed by atoms with E-state index in [4.69, 9.17) is 8.94 Å². The lowest BCUT2D eigenvalue weighted by Gasteiger charge is -2.17. The summed E-state index contributed by atoms with van der Waals surface area (Å²) >= 11 is 0. The molecule has 9 nitrogen and oxygen atoms in total. The lowest BCUT2D eigenvalue weighted by Crippen LogP contribution is -2.32. The highest BCUT2D eigenvalue weighted by molar-refractivity contribution is 7.89. The lowest BCUT2D eigenvalue weighted by atomic mass is 10.1. The van der Waals surface area contributed by atoms with Crippen LogP contribution in [-0.4, -0.2) is 42.5 Å². The van der Waals surface area contributed by atoms with E-state index in [1.165, 1.54) is 6.07 Å². The van der Waals surface area contributed by atoms with Crippen LogP contribution in [0.25, 0.3) is 11.4 Å². The first-order valence-corrected chi connectivity index (χ1v) is 12.1. The van der Waals surface area contributed by atoms with Crippen LogP contribution in [0.3, 0.4) is 0 Å². The molecule has 4 rings (SSSR count). The molecule has 3 aromatic rings. The van der Waals surface area contributed by atoms with Crippen molar-refractivity contribution < 1.29 is 22.2 Å². The minimum Gasteiger partial charge on any atom is -0.465 e. The van der Waals surface area contributed by atoms with Gasteiger partial charge in [0, 0.05) is 18.7 Å². The first kappa shape index (κ1) is 22.2. The van der Waals surface area contributed by atoms with Crippen molar-refractivity contribution in [3.8, 4) is 11.4 Å². The van der Waals surface area contributed by atoms with Crippen molar-refractivity contribution >= 4 is 15.9 Å². The molecular formula is C22H26N4O5S. The van der Waals surface area contributed by atoms with Gasteiger partial charge in [-0.25, -0.2) is 13.1 Å². The molecule has 1 N–H and O–H groups in total. The summed E-state index contributed by atoms with van der Waals surface area (Å²) < 4.78 is 39.0. The van der Waals surface area contributed by atoms with Crippen LogP contribution in [0.1, 0.15) is 53.5 Å². The Balaban J connectivity index is 1.54. The summed E-state index contributed by atoms with van der Waals surface area (Å²) in [7, 11) is -3.81. The number of carbonyl (C=O) groups excluding carboxylic acids is 1. The Morgan fingerprint density at radius 3 is 2.53 bits per heavy atom. The summed E-state index contributed by atoms with van der Waals surface area (Å²) in [6.07, 6.45) is 4.12. The van der Waals surface area contributed by atoms with Gasteiger partial charge in [0.1, 0.15) is 11.5 Å². The second kappa shape index (κ2) is 9.25. The number of aromatic nitrogens is 2. The van der Waals surface area contributed by atoms with Crippen LogP contribution in [0.4, 0.5) is 0 Å². The maximum absolute atomic E-state index is 12.9. The van der Waals surface area contributed by atoms with Crippen LogP contribution in [0.2, 0.25) is 0 Å². The van der Waals surface area contributed by atoms with Gasteiger partial charge >= 0.3 is 11.8 Å². The predicted molar refractivity (Wildman–Crippen MR) is 116 cm³/mol. The van der Waals surface area contributed by atoms with Crippen LogP contribution in [-0.2, 0) is 16.6 Å². The molecule has 0 saturated carbocycles. The van der Waals surface area contributed by atoms with E-state index in [0.717, 1.165) is 25.7 Å². The zero-order valence-corrected chi connectivity index (χ0v) is 18.9. The third-order valence-electron chi connectivity index (χ3n) is 5.47. The van der Waals surface area contributed by atoms with Gasteiger partial charge in [-0.05, 0) is 50.5 Å². The largest absolute Gasteiger partial charge is 0.465 e. The van der Waals surface area contributed by atoms with E-state index < -0.39 is 10.0 Å². The number of sulfonamides is 1. The van der Waals surface area contributed by atoms with E-state index in [0.29, 0.717) is 35.7 Å². The molecule has 10 heteroatoms. The average molecular weight is 459 g/mol.